The van der Waals surface area contributed by atoms with Crippen LogP contribution in [0.3, 0.4) is 0 Å². The summed E-state index contributed by atoms with van der Waals surface area (Å²) in [6.07, 6.45) is 4.89. The maximum Gasteiger partial charge on any atom is 0.0967 e. The van der Waals surface area contributed by atoms with Gasteiger partial charge in [0.1, 0.15) is 0 Å². The molecule has 1 aromatic heterocycles. The van der Waals surface area contributed by atoms with Crippen molar-refractivity contribution in [3.8, 4) is 0 Å². The van der Waals surface area contributed by atoms with Crippen LogP contribution in [0, 0.1) is 0 Å². The Balaban J connectivity index is 1.60. The third kappa shape index (κ3) is 2.18. The lowest BCUT2D eigenvalue weighted by molar-refractivity contribution is -0.00607. The van der Waals surface area contributed by atoms with Gasteiger partial charge < -0.3 is 10.4 Å². The van der Waals surface area contributed by atoms with E-state index in [9.17, 15) is 5.11 Å². The summed E-state index contributed by atoms with van der Waals surface area (Å²) in [4.78, 5) is 4.66. The fourth-order valence-corrected chi connectivity index (χ4v) is 4.75. The van der Waals surface area contributed by atoms with E-state index in [1.165, 1.54) is 17.5 Å². The molecule has 1 aromatic carbocycles. The van der Waals surface area contributed by atoms with Crippen molar-refractivity contribution in [2.75, 3.05) is 0 Å². The zero-order valence-corrected chi connectivity index (χ0v) is 11.6. The normalized spacial score (nSPS) is 33.9. The van der Waals surface area contributed by atoms with Crippen molar-refractivity contribution in [1.82, 2.24) is 10.3 Å². The molecule has 2 N–H and O–H groups in total. The molecule has 2 fully saturated rings. The van der Waals surface area contributed by atoms with Crippen molar-refractivity contribution in [3.05, 3.63) is 29.3 Å². The summed E-state index contributed by atoms with van der Waals surface area (Å²) >= 11 is 1.72. The second-order valence-electron chi connectivity index (χ2n) is 6.02. The lowest BCUT2D eigenvalue weighted by Crippen LogP contribution is -2.49. The summed E-state index contributed by atoms with van der Waals surface area (Å²) < 4.78 is 1.22. The molecule has 2 aromatic rings. The maximum absolute atomic E-state index is 10.9. The number of hydrogen-bond acceptors (Lipinski definition) is 4. The SMILES string of the molecule is OC1(Cc2nc3ccccc3s2)CC2CCC(C1)N2. The van der Waals surface area contributed by atoms with Gasteiger partial charge in [-0.15, -0.1) is 11.3 Å². The van der Waals surface area contributed by atoms with Gasteiger partial charge in [0, 0.05) is 18.5 Å². The predicted octanol–water partition coefficient (Wildman–Crippen LogP) is 2.48. The first-order chi connectivity index (χ1) is 9.20. The standard InChI is InChI=1S/C15H18N2OS/c18-15(7-10-5-6-11(8-15)16-10)9-14-17-12-3-1-2-4-13(12)19-14/h1-4,10-11,16,18H,5-9H2. The Morgan fingerprint density at radius 2 is 2.00 bits per heavy atom. The third-order valence-corrected chi connectivity index (χ3v) is 5.44. The first-order valence-corrected chi connectivity index (χ1v) is 7.85. The number of nitrogens with one attached hydrogen (secondary N) is 1. The van der Waals surface area contributed by atoms with Gasteiger partial charge in [-0.25, -0.2) is 4.98 Å². The number of nitrogens with zero attached hydrogens (tertiary/aromatic N) is 1. The van der Waals surface area contributed by atoms with Crippen molar-refractivity contribution in [2.45, 2.75) is 49.8 Å². The zero-order valence-electron chi connectivity index (χ0n) is 10.8. The highest BCUT2D eigenvalue weighted by Crippen LogP contribution is 2.37. The van der Waals surface area contributed by atoms with E-state index in [2.05, 4.69) is 16.4 Å². The minimum atomic E-state index is -0.551. The van der Waals surface area contributed by atoms with Crippen LogP contribution in [0.25, 0.3) is 10.2 Å². The van der Waals surface area contributed by atoms with Gasteiger partial charge in [-0.3, -0.25) is 0 Å². The molecule has 0 aliphatic carbocycles. The van der Waals surface area contributed by atoms with Gasteiger partial charge in [-0.2, -0.15) is 0 Å². The predicted molar refractivity (Wildman–Crippen MR) is 77.5 cm³/mol. The van der Waals surface area contributed by atoms with E-state index in [4.69, 9.17) is 0 Å². The van der Waals surface area contributed by atoms with Crippen LogP contribution in [0.1, 0.15) is 30.7 Å². The molecule has 0 amide bonds. The van der Waals surface area contributed by atoms with Crippen LogP contribution >= 0.6 is 11.3 Å². The highest BCUT2D eigenvalue weighted by Gasteiger charge is 2.42. The Morgan fingerprint density at radius 3 is 2.74 bits per heavy atom. The van der Waals surface area contributed by atoms with Crippen molar-refractivity contribution < 1.29 is 5.11 Å². The monoisotopic (exact) mass is 274 g/mol. The van der Waals surface area contributed by atoms with Crippen LogP contribution in [0.4, 0.5) is 0 Å². The van der Waals surface area contributed by atoms with Crippen LogP contribution in [-0.4, -0.2) is 27.8 Å². The summed E-state index contributed by atoms with van der Waals surface area (Å²) in [6.45, 7) is 0. The van der Waals surface area contributed by atoms with Crippen LogP contribution in [0.5, 0.6) is 0 Å². The first-order valence-electron chi connectivity index (χ1n) is 7.03. The molecule has 2 unspecified atom stereocenters. The van der Waals surface area contributed by atoms with Crippen molar-refractivity contribution >= 4 is 21.6 Å². The molecule has 3 heterocycles. The molecule has 2 saturated heterocycles. The fourth-order valence-electron chi connectivity index (χ4n) is 3.65. The van der Waals surface area contributed by atoms with Crippen molar-refractivity contribution in [1.29, 1.82) is 0 Å². The molecule has 2 aliphatic rings. The van der Waals surface area contributed by atoms with E-state index < -0.39 is 5.60 Å². The Kier molecular flexibility index (Phi) is 2.65. The molecule has 4 rings (SSSR count). The van der Waals surface area contributed by atoms with E-state index >= 15 is 0 Å². The Bertz CT molecular complexity index is 564. The quantitative estimate of drug-likeness (QED) is 0.884. The molecule has 100 valence electrons. The fraction of sp³-hybridized carbons (Fsp3) is 0.533. The van der Waals surface area contributed by atoms with Crippen molar-refractivity contribution in [2.24, 2.45) is 0 Å². The Morgan fingerprint density at radius 1 is 1.26 bits per heavy atom. The van der Waals surface area contributed by atoms with Gasteiger partial charge in [0.2, 0.25) is 0 Å². The molecular formula is C15H18N2OS. The number of para-hydroxylation sites is 1. The molecule has 2 atom stereocenters. The van der Waals surface area contributed by atoms with Crippen LogP contribution in [0.15, 0.2) is 24.3 Å². The van der Waals surface area contributed by atoms with Crippen LogP contribution in [0.2, 0.25) is 0 Å². The van der Waals surface area contributed by atoms with E-state index in [1.807, 2.05) is 18.2 Å². The highest BCUT2D eigenvalue weighted by atomic mass is 32.1. The minimum Gasteiger partial charge on any atom is -0.389 e. The van der Waals surface area contributed by atoms with E-state index in [0.29, 0.717) is 18.5 Å². The largest absolute Gasteiger partial charge is 0.389 e. The molecule has 3 nitrogen and oxygen atoms in total. The molecule has 2 aliphatic heterocycles. The van der Waals surface area contributed by atoms with E-state index in [0.717, 1.165) is 23.4 Å². The Labute approximate surface area is 116 Å². The van der Waals surface area contributed by atoms with Gasteiger partial charge in [0.05, 0.1) is 20.8 Å². The third-order valence-electron chi connectivity index (χ3n) is 4.41. The Hall–Kier alpha value is -0.970. The zero-order chi connectivity index (χ0) is 12.9. The molecule has 0 saturated carbocycles. The lowest BCUT2D eigenvalue weighted by atomic mass is 9.85. The van der Waals surface area contributed by atoms with Gasteiger partial charge in [-0.1, -0.05) is 12.1 Å². The number of fused-ring (bicyclic) bond motifs is 3. The van der Waals surface area contributed by atoms with Crippen LogP contribution in [-0.2, 0) is 6.42 Å². The molecular weight excluding hydrogens is 256 g/mol. The maximum atomic E-state index is 10.9. The summed E-state index contributed by atoms with van der Waals surface area (Å²) in [7, 11) is 0. The van der Waals surface area contributed by atoms with Gasteiger partial charge in [-0.05, 0) is 37.8 Å². The summed E-state index contributed by atoms with van der Waals surface area (Å²) in [5.74, 6) is 0. The number of benzene rings is 1. The summed E-state index contributed by atoms with van der Waals surface area (Å²) in [5.41, 5.74) is 0.508. The smallest absolute Gasteiger partial charge is 0.0967 e. The van der Waals surface area contributed by atoms with Gasteiger partial charge >= 0.3 is 0 Å². The summed E-state index contributed by atoms with van der Waals surface area (Å²) in [5, 5.41) is 15.5. The van der Waals surface area contributed by atoms with Gasteiger partial charge in [0.15, 0.2) is 0 Å². The number of piperidine rings is 1. The number of aromatic nitrogens is 1. The molecule has 0 radical (unpaired) electrons. The summed E-state index contributed by atoms with van der Waals surface area (Å²) in [6, 6.07) is 9.24. The highest BCUT2D eigenvalue weighted by molar-refractivity contribution is 7.18. The number of thiazole rings is 1. The average Bonchev–Trinajstić information content (AvgIpc) is 2.91. The number of aliphatic hydroxyl groups is 1. The number of hydrogen-bond donors (Lipinski definition) is 2. The molecule has 19 heavy (non-hydrogen) atoms. The van der Waals surface area contributed by atoms with Crippen LogP contribution < -0.4 is 5.32 Å². The second kappa shape index (κ2) is 4.27. The second-order valence-corrected chi connectivity index (χ2v) is 7.14. The molecule has 0 spiro atoms. The molecule has 4 heteroatoms. The van der Waals surface area contributed by atoms with Gasteiger partial charge in [0.25, 0.3) is 0 Å². The van der Waals surface area contributed by atoms with E-state index in [-0.39, 0.29) is 0 Å². The number of rotatable bonds is 2. The topological polar surface area (TPSA) is 45.2 Å². The first kappa shape index (κ1) is 11.8. The minimum absolute atomic E-state index is 0.512. The molecule has 2 bridgehead atoms. The average molecular weight is 274 g/mol. The van der Waals surface area contributed by atoms with Crippen molar-refractivity contribution in [3.63, 3.8) is 0 Å². The van der Waals surface area contributed by atoms with E-state index in [1.54, 1.807) is 11.3 Å². The lowest BCUT2D eigenvalue weighted by Gasteiger charge is -2.36.